The van der Waals surface area contributed by atoms with Gasteiger partial charge in [0.15, 0.2) is 0 Å². The van der Waals surface area contributed by atoms with Crippen LogP contribution in [0.4, 0.5) is 0 Å². The zero-order valence-electron chi connectivity index (χ0n) is 12.3. The summed E-state index contributed by atoms with van der Waals surface area (Å²) in [6.07, 6.45) is 1.37. The maximum absolute atomic E-state index is 10.7. The van der Waals surface area contributed by atoms with Crippen molar-refractivity contribution in [1.29, 1.82) is 0 Å². The molecule has 1 atom stereocenters. The van der Waals surface area contributed by atoms with Crippen LogP contribution in [-0.4, -0.2) is 20.5 Å². The first-order valence-electron chi connectivity index (χ1n) is 7.18. The van der Waals surface area contributed by atoms with Crippen LogP contribution in [0.15, 0.2) is 24.3 Å². The third-order valence-electron chi connectivity index (χ3n) is 4.19. The minimum Gasteiger partial charge on any atom is -0.389 e. The van der Waals surface area contributed by atoms with Gasteiger partial charge in [-0.15, -0.1) is 0 Å². The summed E-state index contributed by atoms with van der Waals surface area (Å²) in [7, 11) is 0. The molecule has 19 heavy (non-hydrogen) atoms. The Labute approximate surface area is 115 Å². The Morgan fingerprint density at radius 2 is 1.95 bits per heavy atom. The zero-order valence-corrected chi connectivity index (χ0v) is 12.3. The Balaban J connectivity index is 2.46. The first-order chi connectivity index (χ1) is 9.01. The summed E-state index contributed by atoms with van der Waals surface area (Å²) in [4.78, 5) is 0. The van der Waals surface area contributed by atoms with Gasteiger partial charge in [-0.2, -0.15) is 5.10 Å². The van der Waals surface area contributed by atoms with E-state index >= 15 is 0 Å². The van der Waals surface area contributed by atoms with Crippen LogP contribution in [0.25, 0.3) is 10.9 Å². The molecule has 0 aliphatic heterocycles. The van der Waals surface area contributed by atoms with Crippen LogP contribution in [0, 0.1) is 5.92 Å². The fraction of sp³-hybridized carbons (Fsp3) is 0.562. The number of aliphatic hydroxyl groups is 1. The van der Waals surface area contributed by atoms with E-state index in [1.54, 1.807) is 0 Å². The highest BCUT2D eigenvalue weighted by Gasteiger charge is 2.31. The molecule has 0 saturated heterocycles. The average Bonchev–Trinajstić information content (AvgIpc) is 2.76. The summed E-state index contributed by atoms with van der Waals surface area (Å²) in [5.74, 6) is 0.225. The fourth-order valence-electron chi connectivity index (χ4n) is 2.60. The molecule has 1 N–H and O–H groups in total. The molecule has 0 aliphatic carbocycles. The molecular weight excluding hydrogens is 236 g/mol. The van der Waals surface area contributed by atoms with Crippen LogP contribution >= 0.6 is 0 Å². The van der Waals surface area contributed by atoms with Crippen molar-refractivity contribution in [3.63, 3.8) is 0 Å². The molecule has 0 fully saturated rings. The van der Waals surface area contributed by atoms with E-state index in [1.165, 1.54) is 0 Å². The molecule has 0 amide bonds. The van der Waals surface area contributed by atoms with E-state index in [1.807, 2.05) is 23.7 Å². The first kappa shape index (κ1) is 14.1. The van der Waals surface area contributed by atoms with E-state index in [0.29, 0.717) is 6.42 Å². The van der Waals surface area contributed by atoms with Crippen molar-refractivity contribution in [3.05, 3.63) is 30.0 Å². The Hall–Kier alpha value is -1.35. The second kappa shape index (κ2) is 5.33. The lowest BCUT2D eigenvalue weighted by Crippen LogP contribution is -2.36. The van der Waals surface area contributed by atoms with Gasteiger partial charge < -0.3 is 5.11 Å². The van der Waals surface area contributed by atoms with E-state index in [4.69, 9.17) is 0 Å². The predicted octanol–water partition coefficient (Wildman–Crippen LogP) is 3.40. The third-order valence-corrected chi connectivity index (χ3v) is 4.19. The topological polar surface area (TPSA) is 38.0 Å². The van der Waals surface area contributed by atoms with Crippen LogP contribution < -0.4 is 0 Å². The molecular formula is C16H24N2O. The minimum absolute atomic E-state index is 0.225. The molecule has 0 bridgehead atoms. The van der Waals surface area contributed by atoms with Gasteiger partial charge in [0.1, 0.15) is 0 Å². The first-order valence-corrected chi connectivity index (χ1v) is 7.18. The SMILES string of the molecule is CCn1nc(CC(O)(CC)C(C)C)c2ccccc21. The summed E-state index contributed by atoms with van der Waals surface area (Å²) < 4.78 is 2.01. The van der Waals surface area contributed by atoms with Gasteiger partial charge in [0.25, 0.3) is 0 Å². The molecule has 0 spiro atoms. The number of hydrogen-bond donors (Lipinski definition) is 1. The minimum atomic E-state index is -0.671. The van der Waals surface area contributed by atoms with Gasteiger partial charge in [-0.1, -0.05) is 39.0 Å². The zero-order chi connectivity index (χ0) is 14.0. The van der Waals surface area contributed by atoms with Crippen LogP contribution in [0.2, 0.25) is 0 Å². The second-order valence-electron chi connectivity index (χ2n) is 5.57. The highest BCUT2D eigenvalue weighted by Crippen LogP contribution is 2.28. The average molecular weight is 260 g/mol. The number of aromatic nitrogens is 2. The summed E-state index contributed by atoms with van der Waals surface area (Å²) >= 11 is 0. The molecule has 3 nitrogen and oxygen atoms in total. The van der Waals surface area contributed by atoms with E-state index in [9.17, 15) is 5.11 Å². The molecule has 2 rings (SSSR count). The molecule has 2 aromatic rings. The van der Waals surface area contributed by atoms with Crippen LogP contribution in [-0.2, 0) is 13.0 Å². The number of fused-ring (bicyclic) bond motifs is 1. The van der Waals surface area contributed by atoms with E-state index in [-0.39, 0.29) is 5.92 Å². The van der Waals surface area contributed by atoms with Gasteiger partial charge in [-0.25, -0.2) is 0 Å². The Bertz CT molecular complexity index is 559. The van der Waals surface area contributed by atoms with Crippen molar-refractivity contribution in [3.8, 4) is 0 Å². The second-order valence-corrected chi connectivity index (χ2v) is 5.57. The van der Waals surface area contributed by atoms with E-state index < -0.39 is 5.60 Å². The number of nitrogens with zero attached hydrogens (tertiary/aromatic N) is 2. The highest BCUT2D eigenvalue weighted by atomic mass is 16.3. The lowest BCUT2D eigenvalue weighted by Gasteiger charge is -2.30. The quantitative estimate of drug-likeness (QED) is 0.894. The van der Waals surface area contributed by atoms with E-state index in [2.05, 4.69) is 38.0 Å². The molecule has 1 unspecified atom stereocenters. The van der Waals surface area contributed by atoms with Gasteiger partial charge in [0.2, 0.25) is 0 Å². The number of rotatable bonds is 5. The lowest BCUT2D eigenvalue weighted by molar-refractivity contribution is -0.00895. The lowest BCUT2D eigenvalue weighted by atomic mass is 9.83. The smallest absolute Gasteiger partial charge is 0.0732 e. The summed E-state index contributed by atoms with van der Waals surface area (Å²) in [5.41, 5.74) is 1.49. The third kappa shape index (κ3) is 2.52. The van der Waals surface area contributed by atoms with Gasteiger partial charge in [-0.3, -0.25) is 4.68 Å². The van der Waals surface area contributed by atoms with E-state index in [0.717, 1.165) is 29.6 Å². The molecule has 1 aromatic heterocycles. The summed E-state index contributed by atoms with van der Waals surface area (Å²) in [5, 5.41) is 16.6. The molecule has 1 heterocycles. The molecule has 0 aliphatic rings. The Kier molecular flexibility index (Phi) is 3.95. The van der Waals surface area contributed by atoms with Crippen LogP contribution in [0.1, 0.15) is 39.8 Å². The Morgan fingerprint density at radius 1 is 1.26 bits per heavy atom. The number of hydrogen-bond acceptors (Lipinski definition) is 2. The van der Waals surface area contributed by atoms with Gasteiger partial charge in [0, 0.05) is 18.4 Å². The van der Waals surface area contributed by atoms with Crippen molar-refractivity contribution in [2.45, 2.75) is 52.7 Å². The standard InChI is InChI=1S/C16H24N2O/c1-5-16(19,12(3)4)11-14-13-9-7-8-10-15(13)18(6-2)17-14/h7-10,12,19H,5-6,11H2,1-4H3. The largest absolute Gasteiger partial charge is 0.389 e. The Morgan fingerprint density at radius 3 is 2.53 bits per heavy atom. The molecule has 0 saturated carbocycles. The van der Waals surface area contributed by atoms with Crippen molar-refractivity contribution in [2.24, 2.45) is 5.92 Å². The van der Waals surface area contributed by atoms with Crippen molar-refractivity contribution >= 4 is 10.9 Å². The maximum atomic E-state index is 10.7. The number of benzene rings is 1. The van der Waals surface area contributed by atoms with Crippen LogP contribution in [0.3, 0.4) is 0 Å². The van der Waals surface area contributed by atoms with Crippen LogP contribution in [0.5, 0.6) is 0 Å². The summed E-state index contributed by atoms with van der Waals surface area (Å²) in [6.45, 7) is 9.13. The molecule has 0 radical (unpaired) electrons. The number of para-hydroxylation sites is 1. The maximum Gasteiger partial charge on any atom is 0.0732 e. The predicted molar refractivity (Wildman–Crippen MR) is 79.2 cm³/mol. The monoisotopic (exact) mass is 260 g/mol. The van der Waals surface area contributed by atoms with Crippen molar-refractivity contribution in [2.75, 3.05) is 0 Å². The van der Waals surface area contributed by atoms with Gasteiger partial charge in [0.05, 0.1) is 16.8 Å². The van der Waals surface area contributed by atoms with Gasteiger partial charge in [-0.05, 0) is 25.3 Å². The highest BCUT2D eigenvalue weighted by molar-refractivity contribution is 5.82. The normalized spacial score (nSPS) is 15.1. The summed E-state index contributed by atoms with van der Waals surface area (Å²) in [6, 6.07) is 8.26. The van der Waals surface area contributed by atoms with Crippen molar-refractivity contribution in [1.82, 2.24) is 9.78 Å². The molecule has 3 heteroatoms. The van der Waals surface area contributed by atoms with Crippen molar-refractivity contribution < 1.29 is 5.11 Å². The molecule has 104 valence electrons. The van der Waals surface area contributed by atoms with Gasteiger partial charge >= 0.3 is 0 Å². The number of aryl methyl sites for hydroxylation is 1. The fourth-order valence-corrected chi connectivity index (χ4v) is 2.60. The molecule has 1 aromatic carbocycles.